The van der Waals surface area contributed by atoms with E-state index < -0.39 is 24.4 Å². The summed E-state index contributed by atoms with van der Waals surface area (Å²) in [5.74, 6) is -1.38. The van der Waals surface area contributed by atoms with Crippen LogP contribution in [0.4, 0.5) is 0 Å². The Balaban J connectivity index is 1.81. The number of amides is 2. The van der Waals surface area contributed by atoms with E-state index in [1.54, 1.807) is 0 Å². The van der Waals surface area contributed by atoms with Crippen LogP contribution in [0.25, 0.3) is 0 Å². The third kappa shape index (κ3) is 4.35. The fourth-order valence-corrected chi connectivity index (χ4v) is 2.12. The summed E-state index contributed by atoms with van der Waals surface area (Å²) in [4.78, 5) is 26.5. The zero-order chi connectivity index (χ0) is 15.2. The zero-order valence-electron chi connectivity index (χ0n) is 11.6. The molecule has 120 valence electrons. The summed E-state index contributed by atoms with van der Waals surface area (Å²) in [5, 5.41) is 19.4. The normalized spacial score (nSPS) is 22.8. The van der Waals surface area contributed by atoms with Crippen molar-refractivity contribution in [2.24, 2.45) is 0 Å². The summed E-state index contributed by atoms with van der Waals surface area (Å²) < 4.78 is 14.9. The van der Waals surface area contributed by atoms with Crippen LogP contribution in [0.3, 0.4) is 0 Å². The van der Waals surface area contributed by atoms with Gasteiger partial charge in [0.1, 0.15) is 0 Å². The average Bonchev–Trinajstić information content (AvgIpc) is 2.55. The predicted octanol–water partition coefficient (Wildman–Crippen LogP) is -2.64. The van der Waals surface area contributed by atoms with Gasteiger partial charge in [-0.15, -0.1) is 0 Å². The molecule has 2 atom stereocenters. The molecule has 2 amide bonds. The number of ether oxygens (including phenoxy) is 3. The summed E-state index contributed by atoms with van der Waals surface area (Å²) in [6.07, 6.45) is -3.74. The minimum Gasteiger partial charge on any atom is -0.378 e. The van der Waals surface area contributed by atoms with Crippen molar-refractivity contribution >= 4 is 11.8 Å². The van der Waals surface area contributed by atoms with Gasteiger partial charge < -0.3 is 34.2 Å². The predicted molar refractivity (Wildman–Crippen MR) is 67.9 cm³/mol. The topological polar surface area (TPSA) is 109 Å². The van der Waals surface area contributed by atoms with Crippen LogP contribution in [0.1, 0.15) is 0 Å². The SMILES string of the molecule is O=C(C(O)OC(O)C(=O)N1CCOCC1)N1CCOCC1. The molecule has 0 aromatic heterocycles. The third-order valence-corrected chi connectivity index (χ3v) is 3.33. The Kier molecular flexibility index (Phi) is 5.88. The molecule has 0 spiro atoms. The van der Waals surface area contributed by atoms with Gasteiger partial charge in [0.15, 0.2) is 0 Å². The Morgan fingerprint density at radius 2 is 1.14 bits per heavy atom. The molecule has 0 aromatic rings. The van der Waals surface area contributed by atoms with Gasteiger partial charge in [0.05, 0.1) is 26.4 Å². The Morgan fingerprint density at radius 3 is 1.48 bits per heavy atom. The number of rotatable bonds is 4. The van der Waals surface area contributed by atoms with Crippen molar-refractivity contribution in [3.63, 3.8) is 0 Å². The molecule has 2 aliphatic rings. The first-order valence-electron chi connectivity index (χ1n) is 6.84. The first-order valence-corrected chi connectivity index (χ1v) is 6.84. The molecule has 0 aliphatic carbocycles. The Bertz CT molecular complexity index is 333. The summed E-state index contributed by atoms with van der Waals surface area (Å²) in [6.45, 7) is 2.89. The highest BCUT2D eigenvalue weighted by Gasteiger charge is 2.31. The van der Waals surface area contributed by atoms with Crippen LogP contribution in [-0.2, 0) is 23.8 Å². The smallest absolute Gasteiger partial charge is 0.279 e. The van der Waals surface area contributed by atoms with Gasteiger partial charge in [-0.3, -0.25) is 9.59 Å². The highest BCUT2D eigenvalue weighted by Crippen LogP contribution is 2.07. The molecule has 9 heteroatoms. The summed E-state index contributed by atoms with van der Waals surface area (Å²) in [6, 6.07) is 0. The maximum absolute atomic E-state index is 11.9. The second-order valence-electron chi connectivity index (χ2n) is 4.72. The van der Waals surface area contributed by atoms with Crippen molar-refractivity contribution in [1.29, 1.82) is 0 Å². The number of aliphatic hydroxyl groups excluding tert-OH is 2. The van der Waals surface area contributed by atoms with E-state index in [1.165, 1.54) is 9.80 Å². The van der Waals surface area contributed by atoms with Gasteiger partial charge in [-0.2, -0.15) is 0 Å². The first-order chi connectivity index (χ1) is 10.1. The number of nitrogens with zero attached hydrogens (tertiary/aromatic N) is 2. The Labute approximate surface area is 122 Å². The highest BCUT2D eigenvalue weighted by atomic mass is 16.7. The molecule has 2 aliphatic heterocycles. The lowest BCUT2D eigenvalue weighted by Crippen LogP contribution is -2.50. The largest absolute Gasteiger partial charge is 0.378 e. The fourth-order valence-electron chi connectivity index (χ4n) is 2.12. The molecular weight excluding hydrogens is 284 g/mol. The van der Waals surface area contributed by atoms with E-state index in [0.717, 1.165) is 0 Å². The van der Waals surface area contributed by atoms with Crippen LogP contribution in [0, 0.1) is 0 Å². The minimum absolute atomic E-state index is 0.340. The molecule has 0 bridgehead atoms. The van der Waals surface area contributed by atoms with Crippen LogP contribution in [-0.4, -0.2) is 97.0 Å². The van der Waals surface area contributed by atoms with E-state index in [9.17, 15) is 19.8 Å². The molecule has 2 saturated heterocycles. The number of hydrogen-bond donors (Lipinski definition) is 2. The van der Waals surface area contributed by atoms with E-state index in [-0.39, 0.29) is 0 Å². The summed E-state index contributed by atoms with van der Waals surface area (Å²) in [5.41, 5.74) is 0. The molecule has 2 fully saturated rings. The number of carbonyl (C=O) groups is 2. The van der Waals surface area contributed by atoms with Crippen LogP contribution in [0.5, 0.6) is 0 Å². The van der Waals surface area contributed by atoms with Gasteiger partial charge in [-0.25, -0.2) is 0 Å². The quantitative estimate of drug-likeness (QED) is 0.546. The molecule has 9 nitrogen and oxygen atoms in total. The van der Waals surface area contributed by atoms with Crippen molar-refractivity contribution in [2.75, 3.05) is 52.6 Å². The van der Waals surface area contributed by atoms with Gasteiger partial charge in [0.25, 0.3) is 11.8 Å². The van der Waals surface area contributed by atoms with Gasteiger partial charge in [-0.1, -0.05) is 0 Å². The van der Waals surface area contributed by atoms with E-state index in [2.05, 4.69) is 0 Å². The van der Waals surface area contributed by atoms with Crippen molar-refractivity contribution in [1.82, 2.24) is 9.80 Å². The van der Waals surface area contributed by atoms with E-state index >= 15 is 0 Å². The summed E-state index contributed by atoms with van der Waals surface area (Å²) in [7, 11) is 0. The standard InChI is InChI=1S/C12H20N2O7/c15-9(13-1-5-19-6-2-13)11(17)21-12(18)10(16)14-3-7-20-8-4-14/h11-12,17-18H,1-8H2. The van der Waals surface area contributed by atoms with Crippen molar-refractivity contribution in [2.45, 2.75) is 12.6 Å². The maximum atomic E-state index is 11.9. The van der Waals surface area contributed by atoms with E-state index in [4.69, 9.17) is 14.2 Å². The fraction of sp³-hybridized carbons (Fsp3) is 0.833. The monoisotopic (exact) mass is 304 g/mol. The molecule has 2 heterocycles. The number of carbonyl (C=O) groups excluding carboxylic acids is 2. The van der Waals surface area contributed by atoms with Crippen molar-refractivity contribution in [3.8, 4) is 0 Å². The second-order valence-corrected chi connectivity index (χ2v) is 4.72. The van der Waals surface area contributed by atoms with Crippen LogP contribution < -0.4 is 0 Å². The van der Waals surface area contributed by atoms with E-state index in [1.807, 2.05) is 0 Å². The van der Waals surface area contributed by atoms with Crippen LogP contribution in [0.15, 0.2) is 0 Å². The highest BCUT2D eigenvalue weighted by molar-refractivity contribution is 5.82. The number of aliphatic hydroxyl groups is 2. The van der Waals surface area contributed by atoms with Crippen LogP contribution >= 0.6 is 0 Å². The summed E-state index contributed by atoms with van der Waals surface area (Å²) >= 11 is 0. The lowest BCUT2D eigenvalue weighted by atomic mass is 10.3. The molecule has 21 heavy (non-hydrogen) atoms. The molecule has 2 rings (SSSR count). The number of hydrogen-bond acceptors (Lipinski definition) is 7. The van der Waals surface area contributed by atoms with Gasteiger partial charge >= 0.3 is 0 Å². The van der Waals surface area contributed by atoms with Gasteiger partial charge in [-0.05, 0) is 0 Å². The second kappa shape index (κ2) is 7.66. The number of morpholine rings is 2. The Hall–Kier alpha value is -1.26. The maximum Gasteiger partial charge on any atom is 0.279 e. The van der Waals surface area contributed by atoms with Crippen molar-refractivity contribution in [3.05, 3.63) is 0 Å². The zero-order valence-corrected chi connectivity index (χ0v) is 11.6. The first kappa shape index (κ1) is 16.1. The average molecular weight is 304 g/mol. The molecule has 2 N–H and O–H groups in total. The Morgan fingerprint density at radius 1 is 0.810 bits per heavy atom. The molecule has 0 saturated carbocycles. The molecular formula is C12H20N2O7. The van der Waals surface area contributed by atoms with E-state index in [0.29, 0.717) is 52.6 Å². The lowest BCUT2D eigenvalue weighted by Gasteiger charge is -2.31. The van der Waals surface area contributed by atoms with Gasteiger partial charge in [0.2, 0.25) is 12.6 Å². The minimum atomic E-state index is -1.87. The molecule has 2 unspecified atom stereocenters. The molecule has 0 radical (unpaired) electrons. The lowest BCUT2D eigenvalue weighted by molar-refractivity contribution is -0.222. The third-order valence-electron chi connectivity index (χ3n) is 3.33. The molecule has 0 aromatic carbocycles. The van der Waals surface area contributed by atoms with Crippen molar-refractivity contribution < 1.29 is 34.0 Å². The van der Waals surface area contributed by atoms with Gasteiger partial charge in [0, 0.05) is 26.2 Å². The van der Waals surface area contributed by atoms with Crippen LogP contribution in [0.2, 0.25) is 0 Å².